The zero-order valence-electron chi connectivity index (χ0n) is 6.66. The monoisotopic (exact) mass is 155 g/mol. The minimum absolute atomic E-state index is 0.0845. The summed E-state index contributed by atoms with van der Waals surface area (Å²) in [5.41, 5.74) is 0. The van der Waals surface area contributed by atoms with E-state index < -0.39 is 5.97 Å². The molecule has 2 aliphatic heterocycles. The lowest BCUT2D eigenvalue weighted by molar-refractivity contribution is -0.142. The van der Waals surface area contributed by atoms with E-state index in [4.69, 9.17) is 5.11 Å². The van der Waals surface area contributed by atoms with E-state index in [-0.39, 0.29) is 5.92 Å². The molecule has 2 heterocycles. The van der Waals surface area contributed by atoms with Crippen LogP contribution in [0, 0.1) is 5.92 Å². The van der Waals surface area contributed by atoms with Crippen molar-refractivity contribution in [1.82, 2.24) is 4.90 Å². The molecule has 11 heavy (non-hydrogen) atoms. The van der Waals surface area contributed by atoms with Gasteiger partial charge in [-0.25, -0.2) is 0 Å². The van der Waals surface area contributed by atoms with Crippen LogP contribution in [0.1, 0.15) is 19.3 Å². The number of hydrogen-bond acceptors (Lipinski definition) is 2. The fourth-order valence-corrected chi connectivity index (χ4v) is 2.53. The molecule has 2 fully saturated rings. The molecule has 0 aromatic heterocycles. The predicted molar refractivity (Wildman–Crippen MR) is 40.3 cm³/mol. The third-order valence-corrected chi connectivity index (χ3v) is 3.20. The number of carbonyl (C=O) groups is 1. The van der Waals surface area contributed by atoms with Gasteiger partial charge in [0.15, 0.2) is 0 Å². The second-order valence-corrected chi connectivity index (χ2v) is 3.64. The molecule has 3 nitrogen and oxygen atoms in total. The van der Waals surface area contributed by atoms with Crippen molar-refractivity contribution in [1.29, 1.82) is 0 Å². The molecule has 0 saturated carbocycles. The predicted octanol–water partition coefficient (Wildman–Crippen LogP) is 0.554. The molecule has 0 aromatic carbocycles. The minimum Gasteiger partial charge on any atom is -0.481 e. The van der Waals surface area contributed by atoms with Gasteiger partial charge in [0.2, 0.25) is 0 Å². The minimum atomic E-state index is -0.607. The lowest BCUT2D eigenvalue weighted by atomic mass is 9.89. The molecule has 2 rings (SSSR count). The number of aliphatic carboxylic acids is 1. The van der Waals surface area contributed by atoms with Crippen LogP contribution in [0.25, 0.3) is 0 Å². The average molecular weight is 155 g/mol. The summed E-state index contributed by atoms with van der Waals surface area (Å²) in [5.74, 6) is -0.692. The number of carboxylic acids is 1. The van der Waals surface area contributed by atoms with Gasteiger partial charge in [-0.05, 0) is 26.3 Å². The summed E-state index contributed by atoms with van der Waals surface area (Å²) in [5, 5.41) is 8.83. The summed E-state index contributed by atoms with van der Waals surface area (Å²) < 4.78 is 0. The highest BCUT2D eigenvalue weighted by atomic mass is 16.4. The van der Waals surface area contributed by atoms with Crippen molar-refractivity contribution in [3.63, 3.8) is 0 Å². The highest BCUT2D eigenvalue weighted by Crippen LogP contribution is 2.40. The Hall–Kier alpha value is -0.570. The van der Waals surface area contributed by atoms with E-state index in [1.807, 2.05) is 7.05 Å². The fraction of sp³-hybridized carbons (Fsp3) is 0.875. The zero-order valence-corrected chi connectivity index (χ0v) is 6.66. The Morgan fingerprint density at radius 3 is 2.55 bits per heavy atom. The van der Waals surface area contributed by atoms with Crippen molar-refractivity contribution < 1.29 is 9.90 Å². The standard InChI is InChI=1S/C8H13NO2/c1-9-5-2-3-7(9)6(4-5)8(10)11/h5-7H,2-4H2,1H3,(H,10,11). The molecule has 62 valence electrons. The molecular formula is C8H13NO2. The molecule has 0 radical (unpaired) electrons. The van der Waals surface area contributed by atoms with Crippen molar-refractivity contribution in [3.05, 3.63) is 0 Å². The Morgan fingerprint density at radius 2 is 2.27 bits per heavy atom. The quantitative estimate of drug-likeness (QED) is 0.601. The largest absolute Gasteiger partial charge is 0.481 e. The molecule has 0 aromatic rings. The normalized spacial score (nSPS) is 43.2. The van der Waals surface area contributed by atoms with Crippen LogP contribution in [0.2, 0.25) is 0 Å². The number of hydrogen-bond donors (Lipinski definition) is 1. The summed E-state index contributed by atoms with van der Waals surface area (Å²) >= 11 is 0. The van der Waals surface area contributed by atoms with Gasteiger partial charge in [-0.15, -0.1) is 0 Å². The van der Waals surface area contributed by atoms with Crippen molar-refractivity contribution in [3.8, 4) is 0 Å². The number of carboxylic acid groups (broad SMARTS) is 1. The highest BCUT2D eigenvalue weighted by molar-refractivity contribution is 5.71. The Morgan fingerprint density at radius 1 is 1.55 bits per heavy atom. The Balaban J connectivity index is 2.14. The van der Waals surface area contributed by atoms with Crippen molar-refractivity contribution in [2.75, 3.05) is 7.05 Å². The Labute approximate surface area is 66.0 Å². The smallest absolute Gasteiger partial charge is 0.308 e. The molecular weight excluding hydrogens is 142 g/mol. The van der Waals surface area contributed by atoms with Gasteiger partial charge in [-0.1, -0.05) is 0 Å². The number of nitrogens with zero attached hydrogens (tertiary/aromatic N) is 1. The van der Waals surface area contributed by atoms with Crippen molar-refractivity contribution in [2.24, 2.45) is 5.92 Å². The molecule has 2 saturated heterocycles. The maximum absolute atomic E-state index is 10.7. The van der Waals surface area contributed by atoms with E-state index in [0.29, 0.717) is 12.1 Å². The highest BCUT2D eigenvalue weighted by Gasteiger charge is 2.47. The summed E-state index contributed by atoms with van der Waals surface area (Å²) in [6.45, 7) is 0. The lowest BCUT2D eigenvalue weighted by Crippen LogP contribution is -2.29. The molecule has 3 atom stereocenters. The third kappa shape index (κ3) is 0.872. The fourth-order valence-electron chi connectivity index (χ4n) is 2.53. The Kier molecular flexibility index (Phi) is 1.42. The SMILES string of the molecule is CN1C2CCC1C(C(=O)O)C2. The zero-order chi connectivity index (χ0) is 8.01. The second-order valence-electron chi connectivity index (χ2n) is 3.64. The molecule has 3 unspecified atom stereocenters. The molecule has 3 heteroatoms. The van der Waals surface area contributed by atoms with Gasteiger partial charge < -0.3 is 5.11 Å². The van der Waals surface area contributed by atoms with Gasteiger partial charge in [0.05, 0.1) is 5.92 Å². The van der Waals surface area contributed by atoms with E-state index in [9.17, 15) is 4.79 Å². The maximum atomic E-state index is 10.7. The molecule has 0 spiro atoms. The summed E-state index contributed by atoms with van der Waals surface area (Å²) in [6, 6.07) is 0.888. The van der Waals surface area contributed by atoms with Gasteiger partial charge in [0.1, 0.15) is 0 Å². The van der Waals surface area contributed by atoms with Crippen LogP contribution < -0.4 is 0 Å². The van der Waals surface area contributed by atoms with Gasteiger partial charge in [0.25, 0.3) is 0 Å². The molecule has 2 bridgehead atoms. The van der Waals surface area contributed by atoms with Gasteiger partial charge >= 0.3 is 5.97 Å². The topological polar surface area (TPSA) is 40.5 Å². The van der Waals surface area contributed by atoms with Gasteiger partial charge in [-0.3, -0.25) is 9.69 Å². The van der Waals surface area contributed by atoms with Gasteiger partial charge in [0, 0.05) is 12.1 Å². The molecule has 1 N–H and O–H groups in total. The molecule has 2 aliphatic rings. The van der Waals surface area contributed by atoms with Crippen LogP contribution >= 0.6 is 0 Å². The third-order valence-electron chi connectivity index (χ3n) is 3.20. The molecule has 0 amide bonds. The number of fused-ring (bicyclic) bond motifs is 2. The van der Waals surface area contributed by atoms with Gasteiger partial charge in [-0.2, -0.15) is 0 Å². The first-order valence-corrected chi connectivity index (χ1v) is 4.15. The molecule has 0 aliphatic carbocycles. The van der Waals surface area contributed by atoms with E-state index in [1.54, 1.807) is 0 Å². The second kappa shape index (κ2) is 2.21. The first-order valence-electron chi connectivity index (χ1n) is 4.15. The van der Waals surface area contributed by atoms with Crippen LogP contribution in [-0.2, 0) is 4.79 Å². The van der Waals surface area contributed by atoms with Crippen molar-refractivity contribution >= 4 is 5.97 Å². The van der Waals surface area contributed by atoms with Crippen LogP contribution in [0.4, 0.5) is 0 Å². The van der Waals surface area contributed by atoms with Crippen LogP contribution in [-0.4, -0.2) is 35.1 Å². The van der Waals surface area contributed by atoms with Crippen LogP contribution in [0.5, 0.6) is 0 Å². The van der Waals surface area contributed by atoms with Crippen molar-refractivity contribution in [2.45, 2.75) is 31.3 Å². The average Bonchev–Trinajstić information content (AvgIpc) is 2.46. The summed E-state index contributed by atoms with van der Waals surface area (Å²) in [6.07, 6.45) is 3.15. The summed E-state index contributed by atoms with van der Waals surface area (Å²) in [7, 11) is 2.05. The summed E-state index contributed by atoms with van der Waals surface area (Å²) in [4.78, 5) is 12.9. The van der Waals surface area contributed by atoms with Crippen LogP contribution in [0.15, 0.2) is 0 Å². The van der Waals surface area contributed by atoms with E-state index in [0.717, 1.165) is 12.8 Å². The number of rotatable bonds is 1. The van der Waals surface area contributed by atoms with E-state index >= 15 is 0 Å². The maximum Gasteiger partial charge on any atom is 0.308 e. The van der Waals surface area contributed by atoms with E-state index in [1.165, 1.54) is 6.42 Å². The first-order chi connectivity index (χ1) is 5.20. The first kappa shape index (κ1) is 7.10. The lowest BCUT2D eigenvalue weighted by Gasteiger charge is -2.16. The van der Waals surface area contributed by atoms with Crippen LogP contribution in [0.3, 0.4) is 0 Å². The van der Waals surface area contributed by atoms with E-state index in [2.05, 4.69) is 4.90 Å². The Bertz CT molecular complexity index is 193.